The number of rotatable bonds is 1. The van der Waals surface area contributed by atoms with E-state index in [2.05, 4.69) is 41.0 Å². The molecule has 0 radical (unpaired) electrons. The third-order valence-electron chi connectivity index (χ3n) is 4.27. The third kappa shape index (κ3) is 2.02. The molecule has 0 bridgehead atoms. The molecule has 2 aliphatic rings. The van der Waals surface area contributed by atoms with Crippen molar-refractivity contribution >= 4 is 11.7 Å². The van der Waals surface area contributed by atoms with E-state index in [9.17, 15) is 4.79 Å². The van der Waals surface area contributed by atoms with Crippen molar-refractivity contribution in [2.24, 2.45) is 0 Å². The van der Waals surface area contributed by atoms with Crippen molar-refractivity contribution in [2.45, 2.75) is 18.9 Å². The summed E-state index contributed by atoms with van der Waals surface area (Å²) in [4.78, 5) is 12.1. The van der Waals surface area contributed by atoms with E-state index >= 15 is 0 Å². The average Bonchev–Trinajstić information content (AvgIpc) is 2.55. The first-order valence-electron chi connectivity index (χ1n) is 7.27. The second-order valence-corrected chi connectivity index (χ2v) is 5.50. The summed E-state index contributed by atoms with van der Waals surface area (Å²) < 4.78 is 0. The highest BCUT2D eigenvalue weighted by Crippen LogP contribution is 2.38. The van der Waals surface area contributed by atoms with E-state index in [0.29, 0.717) is 0 Å². The van der Waals surface area contributed by atoms with Crippen LogP contribution in [0.5, 0.6) is 0 Å². The minimum absolute atomic E-state index is 0.0247. The smallest absolute Gasteiger partial charge is 0.319 e. The Kier molecular flexibility index (Phi) is 2.78. The number of nitrogens with one attached hydrogen (secondary N) is 2. The second-order valence-electron chi connectivity index (χ2n) is 5.50. The molecular formula is C18H16N2O. The van der Waals surface area contributed by atoms with Crippen molar-refractivity contribution in [1.29, 1.82) is 0 Å². The number of amides is 2. The van der Waals surface area contributed by atoms with Crippen molar-refractivity contribution in [3.63, 3.8) is 0 Å². The summed E-state index contributed by atoms with van der Waals surface area (Å²) in [7, 11) is 0. The zero-order valence-electron chi connectivity index (χ0n) is 11.6. The number of benzene rings is 2. The molecule has 0 spiro atoms. The predicted molar refractivity (Wildman–Crippen MR) is 82.5 cm³/mol. The molecule has 1 atom stereocenters. The Labute approximate surface area is 123 Å². The fourth-order valence-corrected chi connectivity index (χ4v) is 3.28. The molecule has 4 rings (SSSR count). The number of carbonyl (C=O) groups excluding carboxylic acids is 1. The van der Waals surface area contributed by atoms with E-state index in [0.717, 1.165) is 29.7 Å². The molecule has 2 aromatic carbocycles. The molecule has 2 N–H and O–H groups in total. The lowest BCUT2D eigenvalue weighted by atomic mass is 9.83. The number of aryl methyl sites for hydroxylation is 1. The van der Waals surface area contributed by atoms with Gasteiger partial charge in [0.2, 0.25) is 0 Å². The summed E-state index contributed by atoms with van der Waals surface area (Å²) >= 11 is 0. The maximum absolute atomic E-state index is 12.1. The standard InChI is InChI=1S/C18H16N2O/c21-18-19-16(13-7-2-1-3-8-13)15-11-10-12-6-4-5-9-14(12)17(15)20-18/h1-9,16H,10-11H2,(H2,19,20,21)/t16-/m0/s1. The van der Waals surface area contributed by atoms with E-state index in [1.54, 1.807) is 0 Å². The minimum Gasteiger partial charge on any atom is -0.327 e. The third-order valence-corrected chi connectivity index (χ3v) is 4.27. The van der Waals surface area contributed by atoms with Crippen LogP contribution >= 0.6 is 0 Å². The molecule has 2 amide bonds. The summed E-state index contributed by atoms with van der Waals surface area (Å²) in [5.41, 5.74) is 5.88. The Bertz CT molecular complexity index is 734. The van der Waals surface area contributed by atoms with Crippen molar-refractivity contribution in [3.8, 4) is 0 Å². The Morgan fingerprint density at radius 3 is 2.52 bits per heavy atom. The second kappa shape index (κ2) is 4.77. The van der Waals surface area contributed by atoms with Crippen LogP contribution in [0.2, 0.25) is 0 Å². The lowest BCUT2D eigenvalue weighted by Gasteiger charge is -2.34. The van der Waals surface area contributed by atoms with Gasteiger partial charge >= 0.3 is 6.03 Å². The molecule has 0 fully saturated rings. The number of fused-ring (bicyclic) bond motifs is 2. The highest BCUT2D eigenvalue weighted by atomic mass is 16.2. The first-order chi connectivity index (χ1) is 10.3. The number of hydrogen-bond acceptors (Lipinski definition) is 1. The zero-order chi connectivity index (χ0) is 14.2. The molecule has 1 aliphatic carbocycles. The first kappa shape index (κ1) is 12.2. The van der Waals surface area contributed by atoms with Crippen molar-refractivity contribution in [1.82, 2.24) is 10.6 Å². The summed E-state index contributed by atoms with van der Waals surface area (Å²) in [6, 6.07) is 18.3. The molecule has 104 valence electrons. The topological polar surface area (TPSA) is 41.1 Å². The van der Waals surface area contributed by atoms with Gasteiger partial charge in [0.25, 0.3) is 0 Å². The predicted octanol–water partition coefficient (Wildman–Crippen LogP) is 3.40. The largest absolute Gasteiger partial charge is 0.327 e. The molecule has 21 heavy (non-hydrogen) atoms. The molecule has 3 nitrogen and oxygen atoms in total. The number of carbonyl (C=O) groups is 1. The minimum atomic E-state index is -0.126. The van der Waals surface area contributed by atoms with Gasteiger partial charge in [0.05, 0.1) is 11.7 Å². The van der Waals surface area contributed by atoms with Gasteiger partial charge in [-0.3, -0.25) is 0 Å². The summed E-state index contributed by atoms with van der Waals surface area (Å²) in [5.74, 6) is 0. The van der Waals surface area contributed by atoms with Crippen LogP contribution in [0.4, 0.5) is 4.79 Å². The maximum atomic E-state index is 12.1. The van der Waals surface area contributed by atoms with E-state index in [4.69, 9.17) is 0 Å². The van der Waals surface area contributed by atoms with Crippen molar-refractivity contribution in [3.05, 3.63) is 76.9 Å². The normalized spacial score (nSPS) is 20.2. The fourth-order valence-electron chi connectivity index (χ4n) is 3.28. The van der Waals surface area contributed by atoms with E-state index in [1.165, 1.54) is 11.1 Å². The Balaban J connectivity index is 1.86. The van der Waals surface area contributed by atoms with Crippen LogP contribution in [0, 0.1) is 0 Å². The van der Waals surface area contributed by atoms with Crippen LogP contribution < -0.4 is 10.6 Å². The van der Waals surface area contributed by atoms with E-state index in [-0.39, 0.29) is 12.1 Å². The van der Waals surface area contributed by atoms with Crippen LogP contribution in [0.25, 0.3) is 5.70 Å². The van der Waals surface area contributed by atoms with Crippen LogP contribution in [0.15, 0.2) is 60.2 Å². The zero-order valence-corrected chi connectivity index (χ0v) is 11.6. The van der Waals surface area contributed by atoms with Crippen molar-refractivity contribution in [2.75, 3.05) is 0 Å². The lowest BCUT2D eigenvalue weighted by molar-refractivity contribution is 0.240. The molecule has 0 saturated carbocycles. The average molecular weight is 276 g/mol. The highest BCUT2D eigenvalue weighted by Gasteiger charge is 2.31. The van der Waals surface area contributed by atoms with Gasteiger partial charge in [-0.05, 0) is 29.5 Å². The van der Waals surface area contributed by atoms with Gasteiger partial charge in [-0.2, -0.15) is 0 Å². The molecule has 0 aromatic heterocycles. The van der Waals surface area contributed by atoms with E-state index in [1.807, 2.05) is 24.3 Å². The Morgan fingerprint density at radius 2 is 1.67 bits per heavy atom. The van der Waals surface area contributed by atoms with Gasteiger partial charge in [0, 0.05) is 5.56 Å². The number of hydrogen-bond donors (Lipinski definition) is 2. The Morgan fingerprint density at radius 1 is 0.905 bits per heavy atom. The fraction of sp³-hybridized carbons (Fsp3) is 0.167. The molecule has 1 aliphatic heterocycles. The van der Waals surface area contributed by atoms with Crippen LogP contribution in [-0.2, 0) is 6.42 Å². The van der Waals surface area contributed by atoms with Crippen LogP contribution in [0.3, 0.4) is 0 Å². The monoisotopic (exact) mass is 276 g/mol. The summed E-state index contributed by atoms with van der Waals surface area (Å²) in [6.07, 6.45) is 2.00. The van der Waals surface area contributed by atoms with Gasteiger partial charge in [-0.25, -0.2) is 4.79 Å². The first-order valence-corrected chi connectivity index (χ1v) is 7.27. The molecular weight excluding hydrogens is 260 g/mol. The van der Waals surface area contributed by atoms with Gasteiger partial charge in [0.15, 0.2) is 0 Å². The molecule has 1 heterocycles. The molecule has 2 aromatic rings. The van der Waals surface area contributed by atoms with Gasteiger partial charge in [-0.15, -0.1) is 0 Å². The highest BCUT2D eigenvalue weighted by molar-refractivity contribution is 5.91. The molecule has 0 unspecified atom stereocenters. The van der Waals surface area contributed by atoms with Crippen molar-refractivity contribution < 1.29 is 4.79 Å². The van der Waals surface area contributed by atoms with Gasteiger partial charge in [0.1, 0.15) is 0 Å². The SMILES string of the molecule is O=C1NC2=C(CCc3ccccc32)[C@H](c2ccccc2)N1. The van der Waals surface area contributed by atoms with Crippen LogP contribution in [-0.4, -0.2) is 6.03 Å². The van der Waals surface area contributed by atoms with Gasteiger partial charge in [-0.1, -0.05) is 54.6 Å². The Hall–Kier alpha value is -2.55. The summed E-state index contributed by atoms with van der Waals surface area (Å²) in [6.45, 7) is 0. The van der Waals surface area contributed by atoms with Gasteiger partial charge < -0.3 is 10.6 Å². The maximum Gasteiger partial charge on any atom is 0.319 e. The number of urea groups is 1. The lowest BCUT2D eigenvalue weighted by Crippen LogP contribution is -2.44. The molecule has 3 heteroatoms. The molecule has 0 saturated heterocycles. The quantitative estimate of drug-likeness (QED) is 0.823. The summed E-state index contributed by atoms with van der Waals surface area (Å²) in [5, 5.41) is 6.06. The van der Waals surface area contributed by atoms with Crippen LogP contribution in [0.1, 0.15) is 29.2 Å². The van der Waals surface area contributed by atoms with E-state index < -0.39 is 0 Å².